The van der Waals surface area contributed by atoms with E-state index in [1.807, 2.05) is 0 Å². The molecular weight excluding hydrogens is 912 g/mol. The lowest BCUT2D eigenvalue weighted by atomic mass is 9.85. The van der Waals surface area contributed by atoms with Gasteiger partial charge < -0.3 is 39.9 Å². The number of carbonyl (C=O) groups excluding carboxylic acids is 2. The number of esters is 2. The fraction of sp³-hybridized carbons (Fsp3) is 0.893. The summed E-state index contributed by atoms with van der Waals surface area (Å²) in [6.45, 7) is 3.35. The van der Waals surface area contributed by atoms with Crippen LogP contribution in [0.4, 0.5) is 0 Å². The van der Waals surface area contributed by atoms with Crippen LogP contribution in [0.15, 0.2) is 24.3 Å². The number of carbonyl (C=O) groups is 2. The quantitative estimate of drug-likeness (QED) is 0.0145. The Labute approximate surface area is 426 Å². The predicted molar refractivity (Wildman–Crippen MR) is 281 cm³/mol. The van der Waals surface area contributed by atoms with Crippen LogP contribution in [0.2, 0.25) is 0 Å². The van der Waals surface area contributed by atoms with E-state index in [-0.39, 0.29) is 12.8 Å². The lowest BCUT2D eigenvalue weighted by Gasteiger charge is -2.41. The van der Waals surface area contributed by atoms with E-state index in [0.717, 1.165) is 57.8 Å². The van der Waals surface area contributed by atoms with Crippen molar-refractivity contribution < 1.29 is 63.1 Å². The molecule has 0 heterocycles. The van der Waals surface area contributed by atoms with Gasteiger partial charge in [0.2, 0.25) is 0 Å². The first-order valence-electron chi connectivity index (χ1n) is 28.6. The highest BCUT2D eigenvalue weighted by molar-refractivity contribution is 7.47. The van der Waals surface area contributed by atoms with Gasteiger partial charge in [0.15, 0.2) is 6.10 Å². The molecule has 0 aromatic carbocycles. The number of phosphoric acid groups is 1. The molecule has 0 radical (unpaired) electrons. The standard InChI is InChI=1S/C56H105O13P/c1-3-5-7-9-11-13-15-17-19-21-23-24-25-26-27-29-31-33-35-37-39-41-43-45-50(58)68-48(47-67-70(64,65)69-56-54(62)52(60)51(59)53(61)55(56)63)46-66-49(57)44-42-40-38-36-34-32-30-28-22-20-18-16-14-12-10-8-6-4-2/h15,17,21,23,48,51-56,59-63H,3-14,16,18-20,22,24-47H2,1-2H3,(H,64,65)/b17-15-,23-21-. The van der Waals surface area contributed by atoms with Crippen molar-refractivity contribution in [3.8, 4) is 0 Å². The van der Waals surface area contributed by atoms with Crippen LogP contribution < -0.4 is 0 Å². The predicted octanol–water partition coefficient (Wildman–Crippen LogP) is 13.1. The minimum Gasteiger partial charge on any atom is -0.462 e. The summed E-state index contributed by atoms with van der Waals surface area (Å²) in [4.78, 5) is 36.0. The first kappa shape index (κ1) is 66.3. The largest absolute Gasteiger partial charge is 0.472 e. The molecule has 0 aromatic heterocycles. The SMILES string of the molecule is CCCCCCC/C=C\C/C=C\CCCCCCCCCCCCCC(=O)OC(COC(=O)CCCCCCCCCCCCCCCCCCCC)COP(=O)(O)OC1C(O)C(O)C(O)C(O)C1O. The van der Waals surface area contributed by atoms with Crippen molar-refractivity contribution in [3.05, 3.63) is 24.3 Å². The molecule has 6 unspecified atom stereocenters. The summed E-state index contributed by atoms with van der Waals surface area (Å²) in [6, 6.07) is 0. The van der Waals surface area contributed by atoms with Crippen molar-refractivity contribution in [2.24, 2.45) is 0 Å². The Morgan fingerprint density at radius 3 is 1.16 bits per heavy atom. The van der Waals surface area contributed by atoms with Gasteiger partial charge in [-0.3, -0.25) is 18.6 Å². The van der Waals surface area contributed by atoms with E-state index in [1.54, 1.807) is 0 Å². The first-order valence-corrected chi connectivity index (χ1v) is 30.1. The van der Waals surface area contributed by atoms with Gasteiger partial charge in [0.1, 0.15) is 43.2 Å². The Bertz CT molecular complexity index is 1310. The molecule has 14 heteroatoms. The number of phosphoric ester groups is 1. The molecule has 0 aliphatic heterocycles. The fourth-order valence-electron chi connectivity index (χ4n) is 8.97. The van der Waals surface area contributed by atoms with Crippen LogP contribution in [0, 0.1) is 0 Å². The highest BCUT2D eigenvalue weighted by Crippen LogP contribution is 2.47. The molecule has 6 N–H and O–H groups in total. The topological polar surface area (TPSA) is 210 Å². The average Bonchev–Trinajstić information content (AvgIpc) is 3.34. The van der Waals surface area contributed by atoms with E-state index in [1.165, 1.54) is 167 Å². The van der Waals surface area contributed by atoms with E-state index in [0.29, 0.717) is 12.8 Å². The van der Waals surface area contributed by atoms with Crippen LogP contribution in [0.3, 0.4) is 0 Å². The molecule has 0 spiro atoms. The van der Waals surface area contributed by atoms with E-state index in [2.05, 4.69) is 38.2 Å². The van der Waals surface area contributed by atoms with E-state index < -0.39 is 75.7 Å². The van der Waals surface area contributed by atoms with Crippen molar-refractivity contribution in [2.75, 3.05) is 13.2 Å². The van der Waals surface area contributed by atoms with Crippen molar-refractivity contribution >= 4 is 19.8 Å². The van der Waals surface area contributed by atoms with E-state index >= 15 is 0 Å². The van der Waals surface area contributed by atoms with Gasteiger partial charge in [0.25, 0.3) is 0 Å². The van der Waals surface area contributed by atoms with E-state index in [9.17, 15) is 44.6 Å². The van der Waals surface area contributed by atoms with Crippen molar-refractivity contribution in [3.63, 3.8) is 0 Å². The zero-order valence-electron chi connectivity index (χ0n) is 44.3. The number of aliphatic hydroxyl groups is 5. The van der Waals surface area contributed by atoms with Gasteiger partial charge in [-0.05, 0) is 44.9 Å². The third kappa shape index (κ3) is 37.1. The smallest absolute Gasteiger partial charge is 0.462 e. The average molecular weight is 1020 g/mol. The maximum atomic E-state index is 12.9. The maximum absolute atomic E-state index is 12.9. The number of hydrogen-bond acceptors (Lipinski definition) is 12. The van der Waals surface area contributed by atoms with Crippen molar-refractivity contribution in [1.82, 2.24) is 0 Å². The number of allylic oxidation sites excluding steroid dienone is 4. The summed E-state index contributed by atoms with van der Waals surface area (Å²) >= 11 is 0. The molecule has 1 aliphatic carbocycles. The molecule has 6 atom stereocenters. The second kappa shape index (κ2) is 45.9. The first-order chi connectivity index (χ1) is 33.9. The highest BCUT2D eigenvalue weighted by Gasteiger charge is 2.51. The Morgan fingerprint density at radius 1 is 0.443 bits per heavy atom. The normalized spacial score (nSPS) is 20.9. The Hall–Kier alpha value is -1.67. The number of aliphatic hydroxyl groups excluding tert-OH is 5. The molecule has 0 saturated heterocycles. The maximum Gasteiger partial charge on any atom is 0.472 e. The molecule has 70 heavy (non-hydrogen) atoms. The molecule has 0 bridgehead atoms. The second-order valence-electron chi connectivity index (χ2n) is 20.2. The van der Waals surface area contributed by atoms with Gasteiger partial charge in [-0.25, -0.2) is 4.57 Å². The monoisotopic (exact) mass is 1020 g/mol. The van der Waals surface area contributed by atoms with Gasteiger partial charge in [0.05, 0.1) is 6.61 Å². The number of unbranched alkanes of at least 4 members (excludes halogenated alkanes) is 33. The van der Waals surface area contributed by atoms with Gasteiger partial charge >= 0.3 is 19.8 Å². The van der Waals surface area contributed by atoms with Gasteiger partial charge in [-0.15, -0.1) is 0 Å². The van der Waals surface area contributed by atoms with Crippen LogP contribution in [0.5, 0.6) is 0 Å². The zero-order valence-corrected chi connectivity index (χ0v) is 45.2. The molecule has 0 aromatic rings. The van der Waals surface area contributed by atoms with Crippen LogP contribution in [-0.2, 0) is 32.7 Å². The third-order valence-electron chi connectivity index (χ3n) is 13.5. The molecule has 1 fully saturated rings. The Kier molecular flexibility index (Phi) is 43.5. The van der Waals surface area contributed by atoms with Gasteiger partial charge in [-0.1, -0.05) is 231 Å². The van der Waals surface area contributed by atoms with Crippen LogP contribution >= 0.6 is 7.82 Å². The minimum absolute atomic E-state index is 0.0979. The fourth-order valence-corrected chi connectivity index (χ4v) is 9.94. The lowest BCUT2D eigenvalue weighted by molar-refractivity contribution is -0.220. The number of hydrogen-bond donors (Lipinski definition) is 6. The van der Waals surface area contributed by atoms with E-state index in [4.69, 9.17) is 18.5 Å². The summed E-state index contributed by atoms with van der Waals surface area (Å²) in [5, 5.41) is 50.4. The summed E-state index contributed by atoms with van der Waals surface area (Å²) in [5.41, 5.74) is 0. The zero-order chi connectivity index (χ0) is 51.3. The molecule has 0 amide bonds. The van der Waals surface area contributed by atoms with Crippen molar-refractivity contribution in [2.45, 2.75) is 307 Å². The minimum atomic E-state index is -5.12. The molecule has 13 nitrogen and oxygen atoms in total. The Morgan fingerprint density at radius 2 is 0.771 bits per heavy atom. The van der Waals surface area contributed by atoms with Crippen LogP contribution in [0.1, 0.15) is 264 Å². The number of rotatable bonds is 49. The summed E-state index contributed by atoms with van der Waals surface area (Å²) in [6.07, 6.45) is 40.8. The van der Waals surface area contributed by atoms with Crippen LogP contribution in [0.25, 0.3) is 0 Å². The summed E-state index contributed by atoms with van der Waals surface area (Å²) in [5.74, 6) is -1.09. The van der Waals surface area contributed by atoms with Crippen LogP contribution in [-0.4, -0.2) is 98.3 Å². The number of ether oxygens (including phenoxy) is 2. The lowest BCUT2D eigenvalue weighted by Crippen LogP contribution is -2.64. The van der Waals surface area contributed by atoms with Crippen molar-refractivity contribution in [1.29, 1.82) is 0 Å². The van der Waals surface area contributed by atoms with Gasteiger partial charge in [-0.2, -0.15) is 0 Å². The molecular formula is C56H105O13P. The molecule has 1 saturated carbocycles. The summed E-state index contributed by atoms with van der Waals surface area (Å²) < 4.78 is 33.7. The molecule has 1 aliphatic rings. The Balaban J connectivity index is 2.33. The third-order valence-corrected chi connectivity index (χ3v) is 14.5. The van der Waals surface area contributed by atoms with Gasteiger partial charge in [0, 0.05) is 12.8 Å². The molecule has 1 rings (SSSR count). The second-order valence-corrected chi connectivity index (χ2v) is 21.6. The summed E-state index contributed by atoms with van der Waals surface area (Å²) in [7, 11) is -5.12. The highest BCUT2D eigenvalue weighted by atomic mass is 31.2. The molecule has 412 valence electrons.